The number of alkyl halides is 3. The van der Waals surface area contributed by atoms with E-state index in [1.807, 2.05) is 0 Å². The van der Waals surface area contributed by atoms with E-state index in [1.165, 1.54) is 40.3 Å². The van der Waals surface area contributed by atoms with Crippen molar-refractivity contribution in [2.45, 2.75) is 19.7 Å². The molecule has 0 N–H and O–H groups in total. The summed E-state index contributed by atoms with van der Waals surface area (Å²) in [5.41, 5.74) is -0.404. The lowest BCUT2D eigenvalue weighted by atomic mass is 10.1. The molecule has 9 nitrogen and oxygen atoms in total. The number of tetrazole rings is 1. The molecular weight excluding hydrogens is 431 g/mol. The number of methoxy groups -OCH3 is 1. The molecule has 32 heavy (non-hydrogen) atoms. The van der Waals surface area contributed by atoms with Crippen LogP contribution in [0.3, 0.4) is 0 Å². The number of aromatic nitrogens is 4. The van der Waals surface area contributed by atoms with Crippen molar-refractivity contribution < 1.29 is 27.5 Å². The number of aryl methyl sites for hydroxylation is 1. The summed E-state index contributed by atoms with van der Waals surface area (Å²) in [6.45, 7) is 1.20. The summed E-state index contributed by atoms with van der Waals surface area (Å²) in [4.78, 5) is 16.9. The van der Waals surface area contributed by atoms with Gasteiger partial charge in [-0.3, -0.25) is 0 Å². The Labute approximate surface area is 180 Å². The lowest BCUT2D eigenvalue weighted by Gasteiger charge is -2.17. The van der Waals surface area contributed by atoms with Crippen LogP contribution in [0, 0.1) is 0 Å². The molecule has 3 aromatic rings. The highest BCUT2D eigenvalue weighted by molar-refractivity contribution is 5.98. The molecule has 1 aromatic heterocycles. The number of nitrogens with zero attached hydrogens (tertiary/aromatic N) is 5. The largest absolute Gasteiger partial charge is 0.496 e. The van der Waals surface area contributed by atoms with Gasteiger partial charge in [0.2, 0.25) is 0 Å². The summed E-state index contributed by atoms with van der Waals surface area (Å²) in [5.74, 6) is -0.0804. The molecule has 0 spiro atoms. The smallest absolute Gasteiger partial charge is 0.419 e. The maximum atomic E-state index is 13.7. The molecule has 0 amide bonds. The number of oxime groups is 1. The van der Waals surface area contributed by atoms with Gasteiger partial charge in [-0.1, -0.05) is 11.2 Å². The Bertz CT molecular complexity index is 1200. The molecule has 0 aliphatic rings. The first-order valence-electron chi connectivity index (χ1n) is 9.24. The zero-order chi connectivity index (χ0) is 23.5. The van der Waals surface area contributed by atoms with E-state index in [2.05, 4.69) is 20.4 Å². The van der Waals surface area contributed by atoms with Crippen LogP contribution in [-0.2, 0) is 24.7 Å². The van der Waals surface area contributed by atoms with Crippen LogP contribution < -0.4 is 15.2 Å². The van der Waals surface area contributed by atoms with Gasteiger partial charge < -0.3 is 14.3 Å². The number of ether oxygens (including phenoxy) is 2. The Morgan fingerprint density at radius 1 is 1.12 bits per heavy atom. The third kappa shape index (κ3) is 4.58. The molecule has 3 rings (SSSR count). The van der Waals surface area contributed by atoms with Gasteiger partial charge in [-0.2, -0.15) is 22.5 Å². The summed E-state index contributed by atoms with van der Waals surface area (Å²) >= 11 is 0. The zero-order valence-electron chi connectivity index (χ0n) is 17.7. The van der Waals surface area contributed by atoms with Crippen molar-refractivity contribution in [2.24, 2.45) is 12.2 Å². The number of hydrogen-bond acceptors (Lipinski definition) is 7. The molecule has 1 heterocycles. The fourth-order valence-corrected chi connectivity index (χ4v) is 3.00. The van der Waals surface area contributed by atoms with E-state index in [1.54, 1.807) is 18.2 Å². The molecule has 2 aromatic carbocycles. The summed E-state index contributed by atoms with van der Waals surface area (Å²) in [6.07, 6.45) is -4.68. The molecule has 0 saturated carbocycles. The molecule has 0 aliphatic heterocycles. The predicted octanol–water partition coefficient (Wildman–Crippen LogP) is 2.94. The molecule has 0 atom stereocenters. The Morgan fingerprint density at radius 2 is 1.88 bits per heavy atom. The van der Waals surface area contributed by atoms with Crippen LogP contribution in [0.2, 0.25) is 0 Å². The first-order valence-corrected chi connectivity index (χ1v) is 9.24. The van der Waals surface area contributed by atoms with E-state index < -0.39 is 23.2 Å². The van der Waals surface area contributed by atoms with E-state index in [4.69, 9.17) is 9.47 Å². The standard InChI is InChI=1S/C20H20F3N5O4/c1-12(24-31-4)13-8-9-18(15(10-13)20(21,22)23)32-11-14-16(6-5-7-17(14)30-3)28-19(29)27(2)25-26-28/h5-10H,11H2,1-4H3/b24-12+. The molecule has 0 bridgehead atoms. The van der Waals surface area contributed by atoms with Gasteiger partial charge in [0, 0.05) is 7.05 Å². The van der Waals surface area contributed by atoms with Gasteiger partial charge in [0.15, 0.2) is 0 Å². The third-order valence-electron chi connectivity index (χ3n) is 4.58. The molecule has 0 radical (unpaired) electrons. The lowest BCUT2D eigenvalue weighted by molar-refractivity contribution is -0.139. The molecule has 170 valence electrons. The Hall–Kier alpha value is -3.83. The predicted molar refractivity (Wildman–Crippen MR) is 108 cm³/mol. The molecule has 12 heteroatoms. The van der Waals surface area contributed by atoms with Crippen molar-refractivity contribution in [3.8, 4) is 17.2 Å². The average Bonchev–Trinajstić information content (AvgIpc) is 3.09. The van der Waals surface area contributed by atoms with Crippen molar-refractivity contribution in [2.75, 3.05) is 14.2 Å². The van der Waals surface area contributed by atoms with Crippen LogP contribution in [0.4, 0.5) is 13.2 Å². The molecule has 0 saturated heterocycles. The van der Waals surface area contributed by atoms with E-state index in [-0.39, 0.29) is 23.6 Å². The van der Waals surface area contributed by atoms with E-state index >= 15 is 0 Å². The van der Waals surface area contributed by atoms with Crippen LogP contribution in [0.1, 0.15) is 23.6 Å². The Balaban J connectivity index is 2.02. The van der Waals surface area contributed by atoms with Crippen molar-refractivity contribution in [3.63, 3.8) is 0 Å². The Kier molecular flexibility index (Phi) is 6.51. The van der Waals surface area contributed by atoms with Crippen molar-refractivity contribution in [1.29, 1.82) is 0 Å². The fourth-order valence-electron chi connectivity index (χ4n) is 3.00. The average molecular weight is 451 g/mol. The topological polar surface area (TPSA) is 92.8 Å². The summed E-state index contributed by atoms with van der Waals surface area (Å²) in [6, 6.07) is 8.36. The van der Waals surface area contributed by atoms with Crippen LogP contribution in [0.5, 0.6) is 11.5 Å². The van der Waals surface area contributed by atoms with Gasteiger partial charge in [-0.25, -0.2) is 4.79 Å². The van der Waals surface area contributed by atoms with Crippen molar-refractivity contribution in [1.82, 2.24) is 19.8 Å². The van der Waals surface area contributed by atoms with E-state index in [0.717, 1.165) is 15.4 Å². The molecule has 0 unspecified atom stereocenters. The molecule has 0 fully saturated rings. The minimum Gasteiger partial charge on any atom is -0.496 e. The number of benzene rings is 2. The first kappa shape index (κ1) is 22.8. The second-order valence-corrected chi connectivity index (χ2v) is 6.61. The monoisotopic (exact) mass is 451 g/mol. The number of hydrogen-bond donors (Lipinski definition) is 0. The second kappa shape index (κ2) is 9.12. The van der Waals surface area contributed by atoms with Crippen LogP contribution >= 0.6 is 0 Å². The van der Waals surface area contributed by atoms with Crippen LogP contribution in [0.25, 0.3) is 5.69 Å². The van der Waals surface area contributed by atoms with Gasteiger partial charge in [-0.05, 0) is 53.2 Å². The second-order valence-electron chi connectivity index (χ2n) is 6.61. The maximum Gasteiger partial charge on any atom is 0.419 e. The fraction of sp³-hybridized carbons (Fsp3) is 0.300. The minimum atomic E-state index is -4.68. The third-order valence-corrected chi connectivity index (χ3v) is 4.58. The van der Waals surface area contributed by atoms with Gasteiger partial charge in [-0.15, -0.1) is 0 Å². The van der Waals surface area contributed by atoms with Gasteiger partial charge in [0.1, 0.15) is 25.2 Å². The highest BCUT2D eigenvalue weighted by Crippen LogP contribution is 2.38. The summed E-state index contributed by atoms with van der Waals surface area (Å²) < 4.78 is 54.0. The molecular formula is C20H20F3N5O4. The van der Waals surface area contributed by atoms with Crippen LogP contribution in [0.15, 0.2) is 46.3 Å². The SMILES string of the molecule is CO/N=C(\C)c1ccc(OCc2c(OC)cccc2-n2nnn(C)c2=O)c(C(F)(F)F)c1. The number of rotatable bonds is 7. The highest BCUT2D eigenvalue weighted by Gasteiger charge is 2.35. The van der Waals surface area contributed by atoms with Crippen molar-refractivity contribution in [3.05, 3.63) is 63.6 Å². The molecule has 0 aliphatic carbocycles. The van der Waals surface area contributed by atoms with Gasteiger partial charge >= 0.3 is 11.9 Å². The quantitative estimate of drug-likeness (QED) is 0.405. The van der Waals surface area contributed by atoms with E-state index in [0.29, 0.717) is 11.3 Å². The lowest BCUT2D eigenvalue weighted by Crippen LogP contribution is -2.23. The Morgan fingerprint density at radius 3 is 2.47 bits per heavy atom. The zero-order valence-corrected chi connectivity index (χ0v) is 17.7. The number of halogens is 3. The minimum absolute atomic E-state index is 0.232. The summed E-state index contributed by atoms with van der Waals surface area (Å²) in [7, 11) is 4.13. The van der Waals surface area contributed by atoms with E-state index in [9.17, 15) is 18.0 Å². The maximum absolute atomic E-state index is 13.7. The van der Waals surface area contributed by atoms with Crippen molar-refractivity contribution >= 4 is 5.71 Å². The van der Waals surface area contributed by atoms with Gasteiger partial charge in [0.05, 0.1) is 29.6 Å². The highest BCUT2D eigenvalue weighted by atomic mass is 19.4. The van der Waals surface area contributed by atoms with Gasteiger partial charge in [0.25, 0.3) is 0 Å². The first-order chi connectivity index (χ1) is 15.2. The van der Waals surface area contributed by atoms with Crippen LogP contribution in [-0.4, -0.2) is 39.7 Å². The summed E-state index contributed by atoms with van der Waals surface area (Å²) in [5, 5.41) is 11.1. The normalized spacial score (nSPS) is 12.0.